The van der Waals surface area contributed by atoms with Crippen molar-refractivity contribution in [3.8, 4) is 11.8 Å². The fraction of sp³-hybridized carbons (Fsp3) is 0.421. The number of ether oxygens (including phenoxy) is 2. The minimum Gasteiger partial charge on any atom is -0.497 e. The zero-order valence-electron chi connectivity index (χ0n) is 14.9. The number of carbonyl (C=O) groups is 1. The van der Waals surface area contributed by atoms with Crippen LogP contribution in [-0.2, 0) is 6.42 Å². The number of benzene rings is 1. The van der Waals surface area contributed by atoms with Gasteiger partial charge in [0.05, 0.1) is 13.7 Å². The topological polar surface area (TPSA) is 76.6 Å². The molecule has 0 aliphatic carbocycles. The number of hydrogen-bond acceptors (Lipinski definition) is 5. The summed E-state index contributed by atoms with van der Waals surface area (Å²) in [5.41, 5.74) is 1.16. The molecule has 3 rings (SSSR count). The maximum absolute atomic E-state index is 12.4. The molecule has 7 nitrogen and oxygen atoms in total. The van der Waals surface area contributed by atoms with E-state index in [9.17, 15) is 4.79 Å². The molecule has 26 heavy (non-hydrogen) atoms. The van der Waals surface area contributed by atoms with Crippen molar-refractivity contribution in [3.63, 3.8) is 0 Å². The minimum atomic E-state index is -0.0708. The van der Waals surface area contributed by atoms with E-state index in [4.69, 9.17) is 9.47 Å². The second kappa shape index (κ2) is 9.03. The molecule has 1 aliphatic heterocycles. The smallest absolute Gasteiger partial charge is 0.317 e. The summed E-state index contributed by atoms with van der Waals surface area (Å²) in [6, 6.07) is 9.92. The van der Waals surface area contributed by atoms with E-state index in [1.165, 1.54) is 0 Å². The number of nitrogens with zero attached hydrogens (tertiary/aromatic N) is 3. The Balaban J connectivity index is 1.43. The highest BCUT2D eigenvalue weighted by Gasteiger charge is 2.25. The number of hydrogen-bond donors (Lipinski definition) is 1. The summed E-state index contributed by atoms with van der Waals surface area (Å²) in [5, 5.41) is 2.98. The minimum absolute atomic E-state index is 0.0548. The Kier molecular flexibility index (Phi) is 6.24. The van der Waals surface area contributed by atoms with Crippen molar-refractivity contribution < 1.29 is 14.3 Å². The molecule has 7 heteroatoms. The summed E-state index contributed by atoms with van der Waals surface area (Å²) < 4.78 is 10.9. The Bertz CT molecular complexity index is 694. The molecule has 0 radical (unpaired) electrons. The number of rotatable bonds is 6. The van der Waals surface area contributed by atoms with Gasteiger partial charge in [0.15, 0.2) is 0 Å². The Morgan fingerprint density at radius 1 is 1.27 bits per heavy atom. The van der Waals surface area contributed by atoms with E-state index in [1.54, 1.807) is 30.5 Å². The van der Waals surface area contributed by atoms with Crippen LogP contribution in [0.2, 0.25) is 0 Å². The third-order valence-electron chi connectivity index (χ3n) is 4.33. The predicted octanol–water partition coefficient (Wildman–Crippen LogP) is 2.28. The third kappa shape index (κ3) is 5.08. The van der Waals surface area contributed by atoms with E-state index in [0.29, 0.717) is 19.1 Å². The van der Waals surface area contributed by atoms with Crippen LogP contribution in [0, 0.1) is 0 Å². The van der Waals surface area contributed by atoms with Crippen LogP contribution in [0.3, 0.4) is 0 Å². The van der Waals surface area contributed by atoms with Crippen LogP contribution in [0.5, 0.6) is 11.8 Å². The molecular weight excluding hydrogens is 332 g/mol. The third-order valence-corrected chi connectivity index (χ3v) is 4.33. The summed E-state index contributed by atoms with van der Waals surface area (Å²) >= 11 is 0. The van der Waals surface area contributed by atoms with Crippen molar-refractivity contribution in [3.05, 3.63) is 48.3 Å². The standard InChI is InChI=1S/C19H24N4O3/c1-25-16-7-5-15(6-8-16)9-12-22-19(24)23-13-2-4-17(14-23)26-18-20-10-3-11-21-18/h3,5-8,10-11,17H,2,4,9,12-14H2,1H3,(H,22,24). The molecule has 2 heterocycles. The van der Waals surface area contributed by atoms with Crippen LogP contribution in [0.25, 0.3) is 0 Å². The lowest BCUT2D eigenvalue weighted by atomic mass is 10.1. The van der Waals surface area contributed by atoms with E-state index in [2.05, 4.69) is 15.3 Å². The first-order chi connectivity index (χ1) is 12.7. The molecule has 2 aromatic rings. The van der Waals surface area contributed by atoms with Crippen molar-refractivity contribution in [1.82, 2.24) is 20.2 Å². The van der Waals surface area contributed by atoms with Gasteiger partial charge in [-0.15, -0.1) is 0 Å². The van der Waals surface area contributed by atoms with E-state index in [-0.39, 0.29) is 12.1 Å². The summed E-state index contributed by atoms with van der Waals surface area (Å²) in [6.07, 6.45) is 5.81. The predicted molar refractivity (Wildman–Crippen MR) is 97.4 cm³/mol. The molecule has 0 saturated carbocycles. The molecule has 1 atom stereocenters. The average molecular weight is 356 g/mol. The highest BCUT2D eigenvalue weighted by atomic mass is 16.5. The SMILES string of the molecule is COc1ccc(CCNC(=O)N2CCCC(Oc3ncccn3)C2)cc1. The molecule has 1 unspecified atom stereocenters. The number of carbonyl (C=O) groups excluding carboxylic acids is 1. The first-order valence-corrected chi connectivity index (χ1v) is 8.84. The van der Waals surface area contributed by atoms with Crippen LogP contribution in [0.1, 0.15) is 18.4 Å². The summed E-state index contributed by atoms with van der Waals surface area (Å²) in [4.78, 5) is 22.3. The molecule has 1 aliphatic rings. The monoisotopic (exact) mass is 356 g/mol. The number of nitrogens with one attached hydrogen (secondary N) is 1. The normalized spacial score (nSPS) is 16.8. The number of aromatic nitrogens is 2. The maximum atomic E-state index is 12.4. The summed E-state index contributed by atoms with van der Waals surface area (Å²) in [5.74, 6) is 0.833. The Hall–Kier alpha value is -2.83. The first kappa shape index (κ1) is 18.0. The zero-order valence-corrected chi connectivity index (χ0v) is 14.9. The zero-order chi connectivity index (χ0) is 18.2. The van der Waals surface area contributed by atoms with Crippen LogP contribution in [0.15, 0.2) is 42.7 Å². The molecule has 2 amide bonds. The van der Waals surface area contributed by atoms with Gasteiger partial charge in [0.25, 0.3) is 0 Å². The molecule has 1 N–H and O–H groups in total. The lowest BCUT2D eigenvalue weighted by molar-refractivity contribution is 0.0940. The van der Waals surface area contributed by atoms with Gasteiger partial charge in [-0.05, 0) is 43.0 Å². The molecule has 1 aromatic heterocycles. The van der Waals surface area contributed by atoms with Crippen molar-refractivity contribution in [2.45, 2.75) is 25.4 Å². The van der Waals surface area contributed by atoms with Gasteiger partial charge < -0.3 is 19.7 Å². The Morgan fingerprint density at radius 2 is 2.04 bits per heavy atom. The van der Waals surface area contributed by atoms with Crippen LogP contribution >= 0.6 is 0 Å². The van der Waals surface area contributed by atoms with E-state index in [0.717, 1.165) is 37.1 Å². The Morgan fingerprint density at radius 3 is 2.77 bits per heavy atom. The van der Waals surface area contributed by atoms with E-state index < -0.39 is 0 Å². The number of likely N-dealkylation sites (tertiary alicyclic amines) is 1. The van der Waals surface area contributed by atoms with Gasteiger partial charge >= 0.3 is 12.0 Å². The number of methoxy groups -OCH3 is 1. The second-order valence-corrected chi connectivity index (χ2v) is 6.19. The summed E-state index contributed by atoms with van der Waals surface area (Å²) in [6.45, 7) is 1.88. The molecule has 1 saturated heterocycles. The van der Waals surface area contributed by atoms with Crippen molar-refractivity contribution in [1.29, 1.82) is 0 Å². The molecule has 1 fully saturated rings. The highest BCUT2D eigenvalue weighted by molar-refractivity contribution is 5.74. The number of amides is 2. The number of piperidine rings is 1. The highest BCUT2D eigenvalue weighted by Crippen LogP contribution is 2.15. The van der Waals surface area contributed by atoms with Gasteiger partial charge in [0.2, 0.25) is 0 Å². The Labute approximate surface area is 153 Å². The largest absolute Gasteiger partial charge is 0.497 e. The fourth-order valence-corrected chi connectivity index (χ4v) is 2.93. The summed E-state index contributed by atoms with van der Waals surface area (Å²) in [7, 11) is 1.65. The van der Waals surface area contributed by atoms with Crippen LogP contribution < -0.4 is 14.8 Å². The average Bonchev–Trinajstić information content (AvgIpc) is 2.69. The molecule has 0 spiro atoms. The van der Waals surface area contributed by atoms with Crippen LogP contribution in [0.4, 0.5) is 4.79 Å². The van der Waals surface area contributed by atoms with Crippen molar-refractivity contribution in [2.24, 2.45) is 0 Å². The van der Waals surface area contributed by atoms with E-state index in [1.807, 2.05) is 24.3 Å². The van der Waals surface area contributed by atoms with Gasteiger partial charge in [-0.3, -0.25) is 0 Å². The quantitative estimate of drug-likeness (QED) is 0.859. The molecule has 138 valence electrons. The van der Waals surface area contributed by atoms with E-state index >= 15 is 0 Å². The number of urea groups is 1. The molecule has 1 aromatic carbocycles. The van der Waals surface area contributed by atoms with Gasteiger partial charge in [-0.2, -0.15) is 0 Å². The van der Waals surface area contributed by atoms with Crippen molar-refractivity contribution in [2.75, 3.05) is 26.7 Å². The van der Waals surface area contributed by atoms with Gasteiger partial charge in [-0.25, -0.2) is 14.8 Å². The van der Waals surface area contributed by atoms with Gasteiger partial charge in [0.1, 0.15) is 11.9 Å². The lowest BCUT2D eigenvalue weighted by Gasteiger charge is -2.32. The molecular formula is C19H24N4O3. The first-order valence-electron chi connectivity index (χ1n) is 8.84. The maximum Gasteiger partial charge on any atom is 0.317 e. The van der Waals surface area contributed by atoms with Gasteiger partial charge in [0, 0.05) is 25.5 Å². The van der Waals surface area contributed by atoms with Crippen LogP contribution in [-0.4, -0.2) is 53.7 Å². The fourth-order valence-electron chi connectivity index (χ4n) is 2.93. The van der Waals surface area contributed by atoms with Gasteiger partial charge in [-0.1, -0.05) is 12.1 Å². The molecule has 0 bridgehead atoms. The van der Waals surface area contributed by atoms with Crippen molar-refractivity contribution >= 4 is 6.03 Å². The second-order valence-electron chi connectivity index (χ2n) is 6.19. The lowest BCUT2D eigenvalue weighted by Crippen LogP contribution is -2.49.